The number of alkyl halides is 3. The zero-order valence-corrected chi connectivity index (χ0v) is 22.4. The number of thioether (sulfide) groups is 1. The summed E-state index contributed by atoms with van der Waals surface area (Å²) in [5.41, 5.74) is -3.12. The van der Waals surface area contributed by atoms with Crippen LogP contribution in [0.1, 0.15) is 38.7 Å². The van der Waals surface area contributed by atoms with E-state index in [1.165, 1.54) is 50.4 Å². The second-order valence-corrected chi connectivity index (χ2v) is 10.4. The Hall–Kier alpha value is -3.99. The maximum atomic E-state index is 15.5. The van der Waals surface area contributed by atoms with Crippen molar-refractivity contribution in [3.63, 3.8) is 0 Å². The van der Waals surface area contributed by atoms with E-state index in [0.29, 0.717) is 0 Å². The van der Waals surface area contributed by atoms with Crippen LogP contribution in [0, 0.1) is 24.4 Å². The molecule has 41 heavy (non-hydrogen) atoms. The number of halogens is 6. The fraction of sp³-hybridized carbons (Fsp3) is 0.200. The van der Waals surface area contributed by atoms with Crippen LogP contribution in [-0.4, -0.2) is 23.2 Å². The fourth-order valence-corrected chi connectivity index (χ4v) is 6.47. The van der Waals surface area contributed by atoms with Gasteiger partial charge in [-0.05, 0) is 48.4 Å². The van der Waals surface area contributed by atoms with Crippen LogP contribution in [0.25, 0.3) is 11.1 Å². The second kappa shape index (κ2) is 10.8. The number of Topliss-reactive ketones (excluding diaryl/α,β-unsaturated/α-hetero) is 1. The first kappa shape index (κ1) is 28.5. The van der Waals surface area contributed by atoms with Gasteiger partial charge in [0.05, 0.1) is 28.8 Å². The summed E-state index contributed by atoms with van der Waals surface area (Å²) >= 11 is 1.01. The molecule has 212 valence electrons. The summed E-state index contributed by atoms with van der Waals surface area (Å²) in [6.45, 7) is 1.44. The van der Waals surface area contributed by atoms with Crippen LogP contribution < -0.4 is 10.3 Å². The third kappa shape index (κ3) is 4.92. The topological polar surface area (TPSA) is 48.3 Å². The van der Waals surface area contributed by atoms with E-state index in [4.69, 9.17) is 4.74 Å². The molecule has 1 aliphatic rings. The minimum absolute atomic E-state index is 0.0394. The van der Waals surface area contributed by atoms with Gasteiger partial charge in [-0.1, -0.05) is 30.3 Å². The average molecular weight is 590 g/mol. The van der Waals surface area contributed by atoms with Gasteiger partial charge in [-0.15, -0.1) is 11.8 Å². The Morgan fingerprint density at radius 1 is 0.976 bits per heavy atom. The molecule has 0 amide bonds. The summed E-state index contributed by atoms with van der Waals surface area (Å²) in [4.78, 5) is 27.5. The fourth-order valence-electron chi connectivity index (χ4n) is 5.10. The quantitative estimate of drug-likeness (QED) is 0.174. The lowest BCUT2D eigenvalue weighted by Crippen LogP contribution is -2.32. The number of rotatable bonds is 6. The predicted octanol–water partition coefficient (Wildman–Crippen LogP) is 7.39. The molecule has 0 N–H and O–H groups in total. The van der Waals surface area contributed by atoms with Gasteiger partial charge < -0.3 is 4.74 Å². The van der Waals surface area contributed by atoms with Crippen molar-refractivity contribution in [3.8, 4) is 16.9 Å². The number of fused-ring (bicyclic) bond motifs is 1. The first-order valence-electron chi connectivity index (χ1n) is 12.3. The molecule has 3 aromatic carbocycles. The maximum Gasteiger partial charge on any atom is 0.416 e. The predicted molar refractivity (Wildman–Crippen MR) is 142 cm³/mol. The third-order valence-corrected chi connectivity index (χ3v) is 8.30. The molecule has 0 saturated carbocycles. The van der Waals surface area contributed by atoms with Crippen LogP contribution in [0.4, 0.5) is 26.3 Å². The Balaban J connectivity index is 1.80. The van der Waals surface area contributed by atoms with Gasteiger partial charge in [0.15, 0.2) is 17.3 Å². The molecule has 0 spiro atoms. The number of hydrogen-bond donors (Lipinski definition) is 0. The molecule has 0 aliphatic carbocycles. The number of benzene rings is 3. The highest BCUT2D eigenvalue weighted by atomic mass is 32.2. The van der Waals surface area contributed by atoms with Crippen molar-refractivity contribution < 1.29 is 35.9 Å². The molecule has 2 heterocycles. The monoisotopic (exact) mass is 589 g/mol. The number of ketones is 1. The third-order valence-electron chi connectivity index (χ3n) is 7.10. The lowest BCUT2D eigenvalue weighted by molar-refractivity contribution is -0.138. The van der Waals surface area contributed by atoms with Crippen molar-refractivity contribution in [3.05, 3.63) is 116 Å². The Morgan fingerprint density at radius 3 is 2.34 bits per heavy atom. The van der Waals surface area contributed by atoms with Crippen molar-refractivity contribution in [2.45, 2.75) is 30.6 Å². The van der Waals surface area contributed by atoms with E-state index in [1.807, 2.05) is 0 Å². The van der Waals surface area contributed by atoms with Crippen LogP contribution in [0.15, 0.2) is 70.5 Å². The molecule has 4 nitrogen and oxygen atoms in total. The smallest absolute Gasteiger partial charge is 0.416 e. The van der Waals surface area contributed by atoms with Gasteiger partial charge in [0.25, 0.3) is 5.56 Å². The van der Waals surface area contributed by atoms with E-state index >= 15 is 4.39 Å². The highest BCUT2D eigenvalue weighted by molar-refractivity contribution is 7.99. The molecule has 1 atom stereocenters. The van der Waals surface area contributed by atoms with E-state index in [0.717, 1.165) is 40.6 Å². The van der Waals surface area contributed by atoms with Crippen LogP contribution in [0.3, 0.4) is 0 Å². The number of aromatic nitrogens is 1. The van der Waals surface area contributed by atoms with Gasteiger partial charge in [-0.25, -0.2) is 13.2 Å². The molecule has 0 fully saturated rings. The molecule has 11 heteroatoms. The molecular weight excluding hydrogens is 568 g/mol. The minimum atomic E-state index is -4.88. The minimum Gasteiger partial charge on any atom is -0.494 e. The highest BCUT2D eigenvalue weighted by Crippen LogP contribution is 2.43. The molecule has 0 bridgehead atoms. The van der Waals surface area contributed by atoms with Crippen LogP contribution in [0.5, 0.6) is 5.75 Å². The number of methoxy groups -OCH3 is 1. The molecule has 0 radical (unpaired) electrons. The Morgan fingerprint density at radius 2 is 1.66 bits per heavy atom. The molecule has 1 unspecified atom stereocenters. The Labute approximate surface area is 234 Å². The van der Waals surface area contributed by atoms with Crippen LogP contribution in [0.2, 0.25) is 0 Å². The lowest BCUT2D eigenvalue weighted by Gasteiger charge is -2.22. The highest BCUT2D eigenvalue weighted by Gasteiger charge is 2.38. The average Bonchev–Trinajstić information content (AvgIpc) is 3.37. The van der Waals surface area contributed by atoms with E-state index in [9.17, 15) is 31.5 Å². The summed E-state index contributed by atoms with van der Waals surface area (Å²) < 4.78 is 92.7. The van der Waals surface area contributed by atoms with Gasteiger partial charge in [0, 0.05) is 23.3 Å². The number of carbonyl (C=O) groups excluding carboxylic acids is 1. The number of pyridine rings is 1. The second-order valence-electron chi connectivity index (χ2n) is 9.39. The maximum absolute atomic E-state index is 15.5. The van der Waals surface area contributed by atoms with Crippen molar-refractivity contribution in [2.75, 3.05) is 12.9 Å². The van der Waals surface area contributed by atoms with Gasteiger partial charge in [-0.3, -0.25) is 14.2 Å². The van der Waals surface area contributed by atoms with E-state index in [2.05, 4.69) is 0 Å². The standard InChI is InChI=1S/C30H21F6NO3S/c1-15-18(13-19-20(30(34,35)36)9-6-11-22(19)32)29-37(23(14-41-29)27(38)16-7-3-4-10-21(16)31)28(39)25(15)17-8-5-12-24(40-2)26(17)33/h3-12,23H,13-14H2,1-2H3. The van der Waals surface area contributed by atoms with Gasteiger partial charge in [0.2, 0.25) is 0 Å². The van der Waals surface area contributed by atoms with Gasteiger partial charge in [0.1, 0.15) is 17.7 Å². The molecule has 1 aliphatic heterocycles. The SMILES string of the molecule is COc1cccc(-c2c(C)c(Cc3c(F)cccc3C(F)(F)F)c3n(c2=O)C(C(=O)c2ccccc2F)CS3)c1F. The van der Waals surface area contributed by atoms with Crippen molar-refractivity contribution in [1.82, 2.24) is 4.57 Å². The Bertz CT molecular complexity index is 1750. The van der Waals surface area contributed by atoms with E-state index in [-0.39, 0.29) is 44.3 Å². The zero-order valence-electron chi connectivity index (χ0n) is 21.6. The lowest BCUT2D eigenvalue weighted by atomic mass is 9.92. The molecule has 4 aromatic rings. The Kier molecular flexibility index (Phi) is 7.50. The van der Waals surface area contributed by atoms with E-state index < -0.39 is 58.6 Å². The summed E-state index contributed by atoms with van der Waals surface area (Å²) in [6, 6.07) is 10.6. The molecule has 5 rings (SSSR count). The number of carbonyl (C=O) groups is 1. The molecular formula is C30H21F6NO3S. The van der Waals surface area contributed by atoms with Crippen molar-refractivity contribution in [2.24, 2.45) is 0 Å². The summed E-state index contributed by atoms with van der Waals surface area (Å²) in [7, 11) is 1.23. The molecule has 1 aromatic heterocycles. The normalized spacial score (nSPS) is 14.7. The largest absolute Gasteiger partial charge is 0.494 e. The first-order valence-corrected chi connectivity index (χ1v) is 13.3. The van der Waals surface area contributed by atoms with Gasteiger partial charge in [-0.2, -0.15) is 13.2 Å². The first-order chi connectivity index (χ1) is 19.5. The van der Waals surface area contributed by atoms with Crippen LogP contribution >= 0.6 is 11.8 Å². The summed E-state index contributed by atoms with van der Waals surface area (Å²) in [6.07, 6.45) is -5.48. The van der Waals surface area contributed by atoms with Gasteiger partial charge >= 0.3 is 6.18 Å². The number of nitrogens with zero attached hydrogens (tertiary/aromatic N) is 1. The summed E-state index contributed by atoms with van der Waals surface area (Å²) in [5, 5.41) is 0.130. The number of ether oxygens (including phenoxy) is 1. The van der Waals surface area contributed by atoms with E-state index in [1.54, 1.807) is 0 Å². The molecule has 0 saturated heterocycles. The zero-order chi connectivity index (χ0) is 29.6. The van der Waals surface area contributed by atoms with Crippen molar-refractivity contribution in [1.29, 1.82) is 0 Å². The van der Waals surface area contributed by atoms with Crippen molar-refractivity contribution >= 4 is 17.5 Å². The summed E-state index contributed by atoms with van der Waals surface area (Å²) in [5.74, 6) is -3.77. The number of hydrogen-bond acceptors (Lipinski definition) is 4. The van der Waals surface area contributed by atoms with Crippen LogP contribution in [-0.2, 0) is 12.6 Å².